The quantitative estimate of drug-likeness (QED) is 0.585. The average Bonchev–Trinajstić information content (AvgIpc) is 2.02. The van der Waals surface area contributed by atoms with Gasteiger partial charge >= 0.3 is 0 Å². The van der Waals surface area contributed by atoms with Crippen molar-refractivity contribution in [2.24, 2.45) is 0 Å². The molecule has 2 aromatic rings. The molecule has 0 spiro atoms. The van der Waals surface area contributed by atoms with Crippen LogP contribution in [-0.2, 0) is 0 Å². The summed E-state index contributed by atoms with van der Waals surface area (Å²) in [7, 11) is 0. The van der Waals surface area contributed by atoms with Gasteiger partial charge in [-0.15, -0.1) is 0 Å². The molecule has 0 fully saturated rings. The van der Waals surface area contributed by atoms with Crippen molar-refractivity contribution in [3.63, 3.8) is 0 Å². The number of aromatic amines is 1. The van der Waals surface area contributed by atoms with Gasteiger partial charge in [-0.1, -0.05) is 23.8 Å². The van der Waals surface area contributed by atoms with E-state index in [1.807, 2.05) is 25.1 Å². The predicted octanol–water partition coefficient (Wildman–Crippen LogP) is 2.44. The van der Waals surface area contributed by atoms with Crippen LogP contribution in [0.15, 0.2) is 29.1 Å². The van der Waals surface area contributed by atoms with E-state index in [-0.39, 0.29) is 5.56 Å². The highest BCUT2D eigenvalue weighted by atomic mass is 127. The molecule has 0 bridgehead atoms. The molecule has 0 saturated heterocycles. The minimum Gasteiger partial charge on any atom is -0.317 e. The summed E-state index contributed by atoms with van der Waals surface area (Å²) in [5.41, 5.74) is 1.14. The molecule has 0 amide bonds. The number of rotatable bonds is 0. The molecule has 66 valence electrons. The first kappa shape index (κ1) is 8.74. The molecule has 0 radical (unpaired) electrons. The summed E-state index contributed by atoms with van der Waals surface area (Å²) in [6.07, 6.45) is 0. The minimum absolute atomic E-state index is 0.0394. The van der Waals surface area contributed by atoms with Crippen LogP contribution < -0.4 is 5.56 Å². The lowest BCUT2D eigenvalue weighted by atomic mass is 10.1. The minimum atomic E-state index is -0.0394. The highest BCUT2D eigenvalue weighted by Gasteiger charge is 1.99. The van der Waals surface area contributed by atoms with Gasteiger partial charge in [0.25, 0.3) is 0 Å². The zero-order valence-corrected chi connectivity index (χ0v) is 9.25. The number of fused-ring (bicyclic) bond motifs is 1. The number of hydrogen-bond donors (Lipinski definition) is 1. The second kappa shape index (κ2) is 3.14. The Bertz CT molecular complexity index is 516. The topological polar surface area (TPSA) is 32.9 Å². The van der Waals surface area contributed by atoms with E-state index < -0.39 is 0 Å². The summed E-state index contributed by atoms with van der Waals surface area (Å²) >= 11 is 2.14. The summed E-state index contributed by atoms with van der Waals surface area (Å²) in [5.74, 6) is 0. The van der Waals surface area contributed by atoms with Crippen LogP contribution in [0, 0.1) is 10.6 Å². The van der Waals surface area contributed by atoms with E-state index in [0.29, 0.717) is 0 Å². The Morgan fingerprint density at radius 2 is 2.08 bits per heavy atom. The number of nitrogens with one attached hydrogen (secondary N) is 1. The molecule has 0 atom stereocenters. The zero-order chi connectivity index (χ0) is 9.42. The third-order valence-electron chi connectivity index (χ3n) is 1.96. The number of halogens is 1. The van der Waals surface area contributed by atoms with Crippen molar-refractivity contribution in [1.82, 2.24) is 4.98 Å². The number of benzene rings is 1. The first-order chi connectivity index (χ1) is 6.16. The van der Waals surface area contributed by atoms with Crippen molar-refractivity contribution in [1.29, 1.82) is 0 Å². The number of pyridine rings is 1. The van der Waals surface area contributed by atoms with Gasteiger partial charge in [0, 0.05) is 11.5 Å². The normalized spacial score (nSPS) is 10.6. The number of aromatic nitrogens is 1. The standard InChI is InChI=1S/C10H8INO/c1-6-2-3-8-7(4-6)5-9(13)12-10(8)11/h2-5H,1H3,(H,12,13). The Labute approximate surface area is 89.1 Å². The predicted molar refractivity (Wildman–Crippen MR) is 62.0 cm³/mol. The van der Waals surface area contributed by atoms with Gasteiger partial charge in [0.1, 0.15) is 0 Å². The van der Waals surface area contributed by atoms with Gasteiger partial charge in [0.15, 0.2) is 0 Å². The van der Waals surface area contributed by atoms with Crippen molar-refractivity contribution in [3.8, 4) is 0 Å². The molecule has 3 heteroatoms. The second-order valence-electron chi connectivity index (χ2n) is 3.04. The first-order valence-electron chi connectivity index (χ1n) is 3.96. The summed E-state index contributed by atoms with van der Waals surface area (Å²) in [4.78, 5) is 13.9. The molecule has 13 heavy (non-hydrogen) atoms. The Morgan fingerprint density at radius 1 is 1.31 bits per heavy atom. The van der Waals surface area contributed by atoms with Gasteiger partial charge in [-0.2, -0.15) is 0 Å². The van der Waals surface area contributed by atoms with Crippen LogP contribution in [0.3, 0.4) is 0 Å². The van der Waals surface area contributed by atoms with Crippen molar-refractivity contribution < 1.29 is 0 Å². The van der Waals surface area contributed by atoms with E-state index in [1.54, 1.807) is 6.07 Å². The summed E-state index contributed by atoms with van der Waals surface area (Å²) in [5, 5.41) is 2.11. The molecule has 2 nitrogen and oxygen atoms in total. The third-order valence-corrected chi connectivity index (χ3v) is 2.81. The molecule has 0 unspecified atom stereocenters. The molecular formula is C10H8INO. The molecule has 1 heterocycles. The van der Waals surface area contributed by atoms with E-state index in [1.165, 1.54) is 5.56 Å². The van der Waals surface area contributed by atoms with Gasteiger partial charge < -0.3 is 4.98 Å². The highest BCUT2D eigenvalue weighted by Crippen LogP contribution is 2.17. The first-order valence-corrected chi connectivity index (χ1v) is 5.04. The van der Waals surface area contributed by atoms with Gasteiger partial charge in [0.2, 0.25) is 5.56 Å². The maximum atomic E-state index is 11.2. The van der Waals surface area contributed by atoms with Crippen LogP contribution in [0.1, 0.15) is 5.56 Å². The smallest absolute Gasteiger partial charge is 0.249 e. The van der Waals surface area contributed by atoms with E-state index in [4.69, 9.17) is 0 Å². The molecule has 1 aromatic carbocycles. The van der Waals surface area contributed by atoms with Gasteiger partial charge in [-0.05, 0) is 34.9 Å². The van der Waals surface area contributed by atoms with Gasteiger partial charge in [-0.3, -0.25) is 4.79 Å². The number of aryl methyl sites for hydroxylation is 1. The second-order valence-corrected chi connectivity index (χ2v) is 4.12. The number of H-pyrrole nitrogens is 1. The molecule has 1 aromatic heterocycles. The van der Waals surface area contributed by atoms with E-state index in [2.05, 4.69) is 27.6 Å². The fourth-order valence-corrected chi connectivity index (χ4v) is 2.11. The van der Waals surface area contributed by atoms with Crippen LogP contribution in [0.2, 0.25) is 0 Å². The molecular weight excluding hydrogens is 277 g/mol. The Kier molecular flexibility index (Phi) is 2.11. The zero-order valence-electron chi connectivity index (χ0n) is 7.10. The van der Waals surface area contributed by atoms with Gasteiger partial charge in [-0.25, -0.2) is 0 Å². The third kappa shape index (κ3) is 1.60. The molecule has 1 N–H and O–H groups in total. The Morgan fingerprint density at radius 3 is 2.85 bits per heavy atom. The van der Waals surface area contributed by atoms with Crippen LogP contribution in [0.4, 0.5) is 0 Å². The molecule has 0 aliphatic rings. The fourth-order valence-electron chi connectivity index (χ4n) is 1.35. The lowest BCUT2D eigenvalue weighted by Gasteiger charge is -2.00. The number of hydrogen-bond acceptors (Lipinski definition) is 1. The van der Waals surface area contributed by atoms with E-state index in [0.717, 1.165) is 14.5 Å². The largest absolute Gasteiger partial charge is 0.317 e. The van der Waals surface area contributed by atoms with E-state index in [9.17, 15) is 4.79 Å². The van der Waals surface area contributed by atoms with Crippen molar-refractivity contribution >= 4 is 33.4 Å². The monoisotopic (exact) mass is 285 g/mol. The van der Waals surface area contributed by atoms with Crippen molar-refractivity contribution in [3.05, 3.63) is 43.9 Å². The molecule has 2 rings (SSSR count). The maximum Gasteiger partial charge on any atom is 0.249 e. The van der Waals surface area contributed by atoms with Crippen LogP contribution in [0.25, 0.3) is 10.8 Å². The SMILES string of the molecule is Cc1ccc2c(I)[nH]c(=O)cc2c1. The maximum absolute atomic E-state index is 11.2. The lowest BCUT2D eigenvalue weighted by Crippen LogP contribution is -2.05. The summed E-state index contributed by atoms with van der Waals surface area (Å²) in [6.45, 7) is 2.02. The molecule has 0 aliphatic heterocycles. The van der Waals surface area contributed by atoms with Crippen LogP contribution in [-0.4, -0.2) is 4.98 Å². The summed E-state index contributed by atoms with van der Waals surface area (Å²) in [6, 6.07) is 7.72. The van der Waals surface area contributed by atoms with Crippen LogP contribution in [0.5, 0.6) is 0 Å². The molecule has 0 saturated carbocycles. The molecule has 0 aliphatic carbocycles. The summed E-state index contributed by atoms with van der Waals surface area (Å²) < 4.78 is 0.903. The van der Waals surface area contributed by atoms with E-state index >= 15 is 0 Å². The van der Waals surface area contributed by atoms with Crippen molar-refractivity contribution in [2.45, 2.75) is 6.92 Å². The lowest BCUT2D eigenvalue weighted by molar-refractivity contribution is 1.22. The highest BCUT2D eigenvalue weighted by molar-refractivity contribution is 14.1. The van der Waals surface area contributed by atoms with Gasteiger partial charge in [0.05, 0.1) is 3.70 Å². The Balaban J connectivity index is 2.94. The van der Waals surface area contributed by atoms with Crippen LogP contribution >= 0.6 is 22.6 Å². The van der Waals surface area contributed by atoms with Crippen molar-refractivity contribution in [2.75, 3.05) is 0 Å². The fraction of sp³-hybridized carbons (Fsp3) is 0.100. The average molecular weight is 285 g/mol. The Hall–Kier alpha value is -0.840.